The van der Waals surface area contributed by atoms with Crippen molar-refractivity contribution in [3.05, 3.63) is 53.7 Å². The Morgan fingerprint density at radius 3 is 2.55 bits per heavy atom. The fraction of sp³-hybridized carbons (Fsp3) is 0.389. The fourth-order valence-corrected chi connectivity index (χ4v) is 2.34. The quantitative estimate of drug-likeness (QED) is 0.813. The highest BCUT2D eigenvalue weighted by Gasteiger charge is 2.06. The van der Waals surface area contributed by atoms with Gasteiger partial charge in [-0.05, 0) is 31.5 Å². The van der Waals surface area contributed by atoms with Crippen molar-refractivity contribution in [3.63, 3.8) is 0 Å². The van der Waals surface area contributed by atoms with E-state index in [0.717, 1.165) is 31.7 Å². The van der Waals surface area contributed by atoms with Crippen molar-refractivity contribution >= 4 is 5.69 Å². The second-order valence-electron chi connectivity index (χ2n) is 5.43. The Hall–Kier alpha value is -2.07. The van der Waals surface area contributed by atoms with Crippen molar-refractivity contribution in [1.29, 1.82) is 0 Å². The molecule has 1 aromatic heterocycles. The van der Waals surface area contributed by atoms with E-state index in [9.17, 15) is 0 Å². The van der Waals surface area contributed by atoms with Crippen LogP contribution in [-0.4, -0.2) is 29.6 Å². The van der Waals surface area contributed by atoms with E-state index in [1.807, 2.05) is 25.1 Å². The molecule has 0 aliphatic heterocycles. The number of aryl methyl sites for hydroxylation is 1. The molecule has 118 valence electrons. The minimum absolute atomic E-state index is 0.628. The molecule has 0 spiro atoms. The molecule has 0 aliphatic carbocycles. The first-order valence-electron chi connectivity index (χ1n) is 7.81. The molecule has 1 heterocycles. The van der Waals surface area contributed by atoms with Crippen LogP contribution < -0.4 is 10.5 Å². The number of ether oxygens (including phenoxy) is 1. The number of aromatic nitrogens is 1. The lowest BCUT2D eigenvalue weighted by atomic mass is 10.2. The van der Waals surface area contributed by atoms with Crippen molar-refractivity contribution in [2.24, 2.45) is 0 Å². The van der Waals surface area contributed by atoms with Gasteiger partial charge in [-0.25, -0.2) is 4.98 Å². The summed E-state index contributed by atoms with van der Waals surface area (Å²) < 4.78 is 5.75. The minimum atomic E-state index is 0.628. The Morgan fingerprint density at radius 2 is 1.86 bits per heavy atom. The van der Waals surface area contributed by atoms with Gasteiger partial charge < -0.3 is 10.5 Å². The van der Waals surface area contributed by atoms with E-state index in [-0.39, 0.29) is 0 Å². The summed E-state index contributed by atoms with van der Waals surface area (Å²) in [5.41, 5.74) is 8.61. The number of pyridine rings is 1. The molecule has 2 N–H and O–H groups in total. The van der Waals surface area contributed by atoms with Gasteiger partial charge in [0.15, 0.2) is 0 Å². The molecule has 0 amide bonds. The van der Waals surface area contributed by atoms with Gasteiger partial charge in [0.1, 0.15) is 6.61 Å². The van der Waals surface area contributed by atoms with Crippen LogP contribution in [0.3, 0.4) is 0 Å². The second-order valence-corrected chi connectivity index (χ2v) is 5.43. The summed E-state index contributed by atoms with van der Waals surface area (Å²) in [5.74, 6) is 0.642. The average Bonchev–Trinajstić information content (AvgIpc) is 2.52. The highest BCUT2D eigenvalue weighted by atomic mass is 16.5. The monoisotopic (exact) mass is 299 g/mol. The molecular weight excluding hydrogens is 274 g/mol. The van der Waals surface area contributed by atoms with E-state index in [2.05, 4.69) is 41.1 Å². The smallest absolute Gasteiger partial charge is 0.213 e. The number of hydrogen-bond donors (Lipinski definition) is 1. The molecule has 0 unspecified atom stereocenters. The Labute approximate surface area is 132 Å². The largest absolute Gasteiger partial charge is 0.476 e. The molecule has 0 saturated carbocycles. The van der Waals surface area contributed by atoms with E-state index < -0.39 is 0 Å². The molecule has 0 aliphatic rings. The maximum absolute atomic E-state index is 5.76. The first-order chi connectivity index (χ1) is 10.7. The Balaban J connectivity index is 1.84. The molecule has 0 bridgehead atoms. The van der Waals surface area contributed by atoms with Gasteiger partial charge in [0.2, 0.25) is 5.88 Å². The van der Waals surface area contributed by atoms with E-state index in [4.69, 9.17) is 10.5 Å². The lowest BCUT2D eigenvalue weighted by Crippen LogP contribution is -2.29. The Kier molecular flexibility index (Phi) is 6.22. The summed E-state index contributed by atoms with van der Waals surface area (Å²) >= 11 is 0. The number of hydrogen-bond acceptors (Lipinski definition) is 4. The van der Waals surface area contributed by atoms with Gasteiger partial charge >= 0.3 is 0 Å². The van der Waals surface area contributed by atoms with Crippen molar-refractivity contribution in [1.82, 2.24) is 9.88 Å². The molecule has 2 rings (SSSR count). The maximum Gasteiger partial charge on any atom is 0.213 e. The summed E-state index contributed by atoms with van der Waals surface area (Å²) in [7, 11) is 0. The van der Waals surface area contributed by atoms with Crippen LogP contribution in [0.5, 0.6) is 5.88 Å². The van der Waals surface area contributed by atoms with Gasteiger partial charge in [0.25, 0.3) is 0 Å². The van der Waals surface area contributed by atoms with Crippen LogP contribution in [0, 0.1) is 6.92 Å². The van der Waals surface area contributed by atoms with Crippen molar-refractivity contribution in [3.8, 4) is 5.88 Å². The van der Waals surface area contributed by atoms with Crippen LogP contribution in [-0.2, 0) is 6.54 Å². The fourth-order valence-electron chi connectivity index (χ4n) is 2.34. The molecule has 2 aromatic rings. The van der Waals surface area contributed by atoms with Crippen LogP contribution in [0.25, 0.3) is 0 Å². The standard InChI is InChI=1S/C18H25N3O/c1-3-11-21(14-16-7-5-4-6-8-16)12-13-22-18-10-9-17(19)15(2)20-18/h4-10H,3,11-14,19H2,1-2H3. The van der Waals surface area contributed by atoms with Crippen LogP contribution in [0.4, 0.5) is 5.69 Å². The minimum Gasteiger partial charge on any atom is -0.476 e. The van der Waals surface area contributed by atoms with E-state index in [0.29, 0.717) is 18.2 Å². The first kappa shape index (κ1) is 16.3. The third-order valence-electron chi connectivity index (χ3n) is 3.55. The van der Waals surface area contributed by atoms with Crippen LogP contribution in [0.1, 0.15) is 24.6 Å². The van der Waals surface area contributed by atoms with Crippen LogP contribution >= 0.6 is 0 Å². The number of anilines is 1. The number of rotatable bonds is 8. The summed E-state index contributed by atoms with van der Waals surface area (Å²) in [5, 5.41) is 0. The van der Waals surface area contributed by atoms with Crippen LogP contribution in [0.15, 0.2) is 42.5 Å². The molecule has 0 radical (unpaired) electrons. The average molecular weight is 299 g/mol. The van der Waals surface area contributed by atoms with Gasteiger partial charge in [-0.3, -0.25) is 4.90 Å². The zero-order valence-electron chi connectivity index (χ0n) is 13.5. The predicted octanol–water partition coefficient (Wildman–Crippen LogP) is 3.26. The molecular formula is C18H25N3O. The lowest BCUT2D eigenvalue weighted by molar-refractivity contribution is 0.199. The van der Waals surface area contributed by atoms with E-state index >= 15 is 0 Å². The van der Waals surface area contributed by atoms with Crippen molar-refractivity contribution < 1.29 is 4.74 Å². The van der Waals surface area contributed by atoms with E-state index in [1.165, 1.54) is 5.56 Å². The third kappa shape index (κ3) is 5.04. The number of nitrogens with zero attached hydrogens (tertiary/aromatic N) is 2. The van der Waals surface area contributed by atoms with Gasteiger partial charge in [-0.1, -0.05) is 37.3 Å². The Morgan fingerprint density at radius 1 is 1.09 bits per heavy atom. The highest BCUT2D eigenvalue weighted by molar-refractivity contribution is 5.43. The molecule has 4 nitrogen and oxygen atoms in total. The summed E-state index contributed by atoms with van der Waals surface area (Å²) in [6.07, 6.45) is 1.13. The SMILES string of the molecule is CCCN(CCOc1ccc(N)c(C)n1)Cc1ccccc1. The molecule has 22 heavy (non-hydrogen) atoms. The summed E-state index contributed by atoms with van der Waals surface area (Å²) in [4.78, 5) is 6.74. The van der Waals surface area contributed by atoms with E-state index in [1.54, 1.807) is 0 Å². The van der Waals surface area contributed by atoms with Gasteiger partial charge in [0, 0.05) is 19.2 Å². The number of nitrogens with two attached hydrogens (primary N) is 1. The molecule has 0 saturated heterocycles. The normalized spacial score (nSPS) is 10.9. The number of benzene rings is 1. The van der Waals surface area contributed by atoms with Crippen molar-refractivity contribution in [2.45, 2.75) is 26.8 Å². The lowest BCUT2D eigenvalue weighted by Gasteiger charge is -2.21. The van der Waals surface area contributed by atoms with Gasteiger partial charge in [-0.15, -0.1) is 0 Å². The zero-order chi connectivity index (χ0) is 15.8. The van der Waals surface area contributed by atoms with Gasteiger partial charge in [-0.2, -0.15) is 0 Å². The predicted molar refractivity (Wildman–Crippen MR) is 90.9 cm³/mol. The zero-order valence-corrected chi connectivity index (χ0v) is 13.5. The third-order valence-corrected chi connectivity index (χ3v) is 3.55. The van der Waals surface area contributed by atoms with Crippen molar-refractivity contribution in [2.75, 3.05) is 25.4 Å². The second kappa shape index (κ2) is 8.39. The Bertz CT molecular complexity index is 572. The summed E-state index contributed by atoms with van der Waals surface area (Å²) in [6, 6.07) is 14.2. The maximum atomic E-state index is 5.76. The number of nitrogen functional groups attached to an aromatic ring is 1. The highest BCUT2D eigenvalue weighted by Crippen LogP contribution is 2.13. The summed E-state index contributed by atoms with van der Waals surface area (Å²) in [6.45, 7) is 7.61. The van der Waals surface area contributed by atoms with Crippen LogP contribution in [0.2, 0.25) is 0 Å². The first-order valence-corrected chi connectivity index (χ1v) is 7.81. The topological polar surface area (TPSA) is 51.4 Å². The van der Waals surface area contributed by atoms with Gasteiger partial charge in [0.05, 0.1) is 11.4 Å². The molecule has 0 atom stereocenters. The molecule has 1 aromatic carbocycles. The molecule has 4 heteroatoms. The molecule has 0 fully saturated rings.